The fourth-order valence-electron chi connectivity index (χ4n) is 2.21. The Balaban J connectivity index is 1.83. The zero-order valence-corrected chi connectivity index (χ0v) is 14.5. The molecule has 0 atom stereocenters. The molecule has 24 heavy (non-hydrogen) atoms. The van der Waals surface area contributed by atoms with Gasteiger partial charge in [-0.05, 0) is 29.2 Å². The first-order valence-corrected chi connectivity index (χ1v) is 9.78. The van der Waals surface area contributed by atoms with Crippen molar-refractivity contribution in [2.24, 2.45) is 0 Å². The Hall–Kier alpha value is -2.15. The second kappa shape index (κ2) is 7.61. The number of thiophene rings is 1. The molecule has 6 heteroatoms. The molecule has 2 heterocycles. The minimum atomic E-state index is -3.55. The topological polar surface area (TPSA) is 50.5 Å². The normalized spacial score (nSPS) is 12.2. The average molecular weight is 359 g/mol. The Labute approximate surface area is 145 Å². The molecule has 0 spiro atoms. The third-order valence-electron chi connectivity index (χ3n) is 3.44. The summed E-state index contributed by atoms with van der Waals surface area (Å²) in [6, 6.07) is 15.0. The molecular formula is C18H17NO3S2. The van der Waals surface area contributed by atoms with Crippen molar-refractivity contribution in [3.8, 4) is 0 Å². The van der Waals surface area contributed by atoms with E-state index >= 15 is 0 Å². The molecule has 0 amide bonds. The van der Waals surface area contributed by atoms with Crippen LogP contribution >= 0.6 is 11.3 Å². The first kappa shape index (κ1) is 16.7. The van der Waals surface area contributed by atoms with Gasteiger partial charge in [-0.1, -0.05) is 36.4 Å². The highest BCUT2D eigenvalue weighted by atomic mass is 32.2. The van der Waals surface area contributed by atoms with Crippen LogP contribution in [0.25, 0.3) is 6.08 Å². The zero-order chi connectivity index (χ0) is 16.8. The Kier molecular flexibility index (Phi) is 5.30. The summed E-state index contributed by atoms with van der Waals surface area (Å²) in [6.45, 7) is 0.611. The molecule has 0 bridgehead atoms. The van der Waals surface area contributed by atoms with Crippen LogP contribution in [-0.4, -0.2) is 12.7 Å². The van der Waals surface area contributed by atoms with E-state index in [-0.39, 0.29) is 6.54 Å². The quantitative estimate of drug-likeness (QED) is 0.630. The van der Waals surface area contributed by atoms with Gasteiger partial charge in [0, 0.05) is 28.9 Å². The molecule has 1 aromatic carbocycles. The number of hydrogen-bond donors (Lipinski definition) is 0. The molecular weight excluding hydrogens is 342 g/mol. The Morgan fingerprint density at radius 1 is 1.04 bits per heavy atom. The lowest BCUT2D eigenvalue weighted by Gasteiger charge is -2.19. The van der Waals surface area contributed by atoms with Crippen molar-refractivity contribution in [3.63, 3.8) is 0 Å². The maximum absolute atomic E-state index is 12.8. The third kappa shape index (κ3) is 4.44. The Morgan fingerprint density at radius 2 is 1.88 bits per heavy atom. The number of sulfonamides is 1. The number of benzene rings is 1. The van der Waals surface area contributed by atoms with E-state index in [0.717, 1.165) is 16.0 Å². The molecule has 0 saturated heterocycles. The minimum Gasteiger partial charge on any atom is -0.472 e. The number of nitrogens with zero attached hydrogens (tertiary/aromatic N) is 1. The van der Waals surface area contributed by atoms with E-state index < -0.39 is 10.0 Å². The maximum atomic E-state index is 12.8. The molecule has 3 aromatic rings. The van der Waals surface area contributed by atoms with Crippen molar-refractivity contribution in [1.29, 1.82) is 0 Å². The molecule has 0 radical (unpaired) electrons. The van der Waals surface area contributed by atoms with Crippen LogP contribution in [0.1, 0.15) is 16.0 Å². The summed E-state index contributed by atoms with van der Waals surface area (Å²) in [5, 5.41) is 3.20. The largest absolute Gasteiger partial charge is 0.472 e. The number of hydrogen-bond acceptors (Lipinski definition) is 4. The van der Waals surface area contributed by atoms with Crippen LogP contribution in [0, 0.1) is 0 Å². The number of rotatable bonds is 7. The second-order valence-electron chi connectivity index (χ2n) is 5.24. The summed E-state index contributed by atoms with van der Waals surface area (Å²) in [5.74, 6) is 0. The number of furan rings is 1. The fourth-order valence-corrected chi connectivity index (χ4v) is 4.16. The lowest BCUT2D eigenvalue weighted by atomic mass is 10.2. The van der Waals surface area contributed by atoms with Crippen molar-refractivity contribution in [2.45, 2.75) is 13.1 Å². The van der Waals surface area contributed by atoms with Crippen LogP contribution in [0.15, 0.2) is 76.3 Å². The van der Waals surface area contributed by atoms with E-state index in [1.54, 1.807) is 36.0 Å². The van der Waals surface area contributed by atoms with Crippen molar-refractivity contribution in [1.82, 2.24) is 4.31 Å². The fraction of sp³-hybridized carbons (Fsp3) is 0.111. The van der Waals surface area contributed by atoms with E-state index in [1.807, 2.05) is 47.8 Å². The van der Waals surface area contributed by atoms with Gasteiger partial charge < -0.3 is 4.42 Å². The summed E-state index contributed by atoms with van der Waals surface area (Å²) in [6.07, 6.45) is 4.73. The lowest BCUT2D eigenvalue weighted by Crippen LogP contribution is -2.28. The first-order chi connectivity index (χ1) is 11.6. The lowest BCUT2D eigenvalue weighted by molar-refractivity contribution is 0.408. The monoisotopic (exact) mass is 359 g/mol. The van der Waals surface area contributed by atoms with E-state index in [2.05, 4.69) is 0 Å². The Bertz CT molecular complexity index is 832. The van der Waals surface area contributed by atoms with Crippen LogP contribution in [0.5, 0.6) is 0 Å². The summed E-state index contributed by atoms with van der Waals surface area (Å²) >= 11 is 1.54. The van der Waals surface area contributed by atoms with Crippen molar-refractivity contribution in [3.05, 3.63) is 87.8 Å². The summed E-state index contributed by atoms with van der Waals surface area (Å²) in [5.41, 5.74) is 1.67. The van der Waals surface area contributed by atoms with Gasteiger partial charge in [-0.25, -0.2) is 8.42 Å². The van der Waals surface area contributed by atoms with Gasteiger partial charge in [0.1, 0.15) is 0 Å². The molecule has 0 aliphatic heterocycles. The van der Waals surface area contributed by atoms with Crippen LogP contribution in [0.3, 0.4) is 0 Å². The standard InChI is InChI=1S/C18H17NO3S2/c20-24(21,12-9-16-5-2-1-3-6-16)19(13-17-8-10-22-15-17)14-18-7-4-11-23-18/h1-12,15H,13-14H2/b12-9+. The smallest absolute Gasteiger partial charge is 0.236 e. The molecule has 0 unspecified atom stereocenters. The van der Waals surface area contributed by atoms with Gasteiger partial charge in [-0.15, -0.1) is 11.3 Å². The van der Waals surface area contributed by atoms with Gasteiger partial charge in [-0.2, -0.15) is 4.31 Å². The molecule has 0 aliphatic rings. The molecule has 2 aromatic heterocycles. The van der Waals surface area contributed by atoms with Crippen LogP contribution < -0.4 is 0 Å². The molecule has 0 fully saturated rings. The predicted octanol–water partition coefficient (Wildman–Crippen LogP) is 4.34. The van der Waals surface area contributed by atoms with Gasteiger partial charge in [-0.3, -0.25) is 0 Å². The molecule has 0 saturated carbocycles. The highest BCUT2D eigenvalue weighted by molar-refractivity contribution is 7.92. The van der Waals surface area contributed by atoms with Crippen molar-refractivity contribution >= 4 is 27.4 Å². The van der Waals surface area contributed by atoms with Gasteiger partial charge in [0.25, 0.3) is 0 Å². The summed E-state index contributed by atoms with van der Waals surface area (Å²) in [7, 11) is -3.55. The predicted molar refractivity (Wildman–Crippen MR) is 96.7 cm³/mol. The van der Waals surface area contributed by atoms with Crippen LogP contribution in [0.2, 0.25) is 0 Å². The third-order valence-corrected chi connectivity index (χ3v) is 5.76. The van der Waals surface area contributed by atoms with Gasteiger partial charge in [0.2, 0.25) is 10.0 Å². The first-order valence-electron chi connectivity index (χ1n) is 7.40. The van der Waals surface area contributed by atoms with Crippen LogP contribution in [0.4, 0.5) is 0 Å². The van der Waals surface area contributed by atoms with Crippen molar-refractivity contribution < 1.29 is 12.8 Å². The van der Waals surface area contributed by atoms with Crippen LogP contribution in [-0.2, 0) is 23.1 Å². The van der Waals surface area contributed by atoms with E-state index in [0.29, 0.717) is 6.54 Å². The SMILES string of the molecule is O=S(=O)(/C=C/c1ccccc1)N(Cc1ccoc1)Cc1cccs1. The van der Waals surface area contributed by atoms with Gasteiger partial charge >= 0.3 is 0 Å². The summed E-state index contributed by atoms with van der Waals surface area (Å²) < 4.78 is 32.0. The molecule has 0 aliphatic carbocycles. The van der Waals surface area contributed by atoms with E-state index in [1.165, 1.54) is 9.71 Å². The molecule has 4 nitrogen and oxygen atoms in total. The Morgan fingerprint density at radius 3 is 2.54 bits per heavy atom. The van der Waals surface area contributed by atoms with Gasteiger partial charge in [0.15, 0.2) is 0 Å². The van der Waals surface area contributed by atoms with Gasteiger partial charge in [0.05, 0.1) is 12.5 Å². The molecule has 124 valence electrons. The molecule has 0 N–H and O–H groups in total. The van der Waals surface area contributed by atoms with Crippen molar-refractivity contribution in [2.75, 3.05) is 0 Å². The highest BCUT2D eigenvalue weighted by Crippen LogP contribution is 2.19. The summed E-state index contributed by atoms with van der Waals surface area (Å²) in [4.78, 5) is 0.996. The molecule has 3 rings (SSSR count). The zero-order valence-electron chi connectivity index (χ0n) is 12.9. The second-order valence-corrected chi connectivity index (χ2v) is 8.09. The maximum Gasteiger partial charge on any atom is 0.236 e. The van der Waals surface area contributed by atoms with E-state index in [4.69, 9.17) is 4.42 Å². The highest BCUT2D eigenvalue weighted by Gasteiger charge is 2.21. The van der Waals surface area contributed by atoms with E-state index in [9.17, 15) is 8.42 Å². The minimum absolute atomic E-state index is 0.274. The average Bonchev–Trinajstić information content (AvgIpc) is 3.27.